The summed E-state index contributed by atoms with van der Waals surface area (Å²) in [7, 11) is 0. The predicted octanol–water partition coefficient (Wildman–Crippen LogP) is -0.879. The van der Waals surface area contributed by atoms with E-state index in [9.17, 15) is 14.4 Å². The first-order valence-electron chi connectivity index (χ1n) is 3.93. The summed E-state index contributed by atoms with van der Waals surface area (Å²) in [6.45, 7) is -0.650. The van der Waals surface area contributed by atoms with Crippen LogP contribution in [0.2, 0.25) is 0 Å². The van der Waals surface area contributed by atoms with E-state index in [4.69, 9.17) is 5.11 Å². The van der Waals surface area contributed by atoms with Crippen LogP contribution < -0.4 is 11.0 Å². The molecule has 1 aromatic heterocycles. The van der Waals surface area contributed by atoms with E-state index >= 15 is 0 Å². The third kappa shape index (κ3) is 3.61. The van der Waals surface area contributed by atoms with Crippen LogP contribution in [-0.4, -0.2) is 28.6 Å². The summed E-state index contributed by atoms with van der Waals surface area (Å²) in [5.74, 6) is -1.93. The molecule has 0 aliphatic rings. The van der Waals surface area contributed by atoms with Crippen LogP contribution in [0.5, 0.6) is 0 Å². The van der Waals surface area contributed by atoms with E-state index in [1.165, 1.54) is 18.2 Å². The van der Waals surface area contributed by atoms with Crippen molar-refractivity contribution < 1.29 is 19.5 Å². The SMILES string of the molecule is O=C(O)CONC(=O)c1cccc(=O)[nH]1. The van der Waals surface area contributed by atoms with Gasteiger partial charge in [0.15, 0.2) is 6.61 Å². The first-order valence-corrected chi connectivity index (χ1v) is 3.93. The van der Waals surface area contributed by atoms with Gasteiger partial charge in [0.1, 0.15) is 5.69 Å². The van der Waals surface area contributed by atoms with Crippen molar-refractivity contribution in [3.63, 3.8) is 0 Å². The number of carbonyl (C=O) groups is 2. The summed E-state index contributed by atoms with van der Waals surface area (Å²) in [6, 6.07) is 4.00. The minimum Gasteiger partial charge on any atom is -0.479 e. The number of H-pyrrole nitrogens is 1. The Labute approximate surface area is 83.6 Å². The molecule has 1 amide bonds. The Kier molecular flexibility index (Phi) is 3.58. The van der Waals surface area contributed by atoms with Gasteiger partial charge in [-0.05, 0) is 6.07 Å². The molecule has 0 bridgehead atoms. The van der Waals surface area contributed by atoms with Crippen molar-refractivity contribution in [2.45, 2.75) is 0 Å². The number of carboxylic acid groups (broad SMARTS) is 1. The molecule has 0 aromatic carbocycles. The zero-order valence-electron chi connectivity index (χ0n) is 7.52. The topological polar surface area (TPSA) is 108 Å². The number of rotatable bonds is 4. The van der Waals surface area contributed by atoms with E-state index in [-0.39, 0.29) is 5.69 Å². The molecule has 0 fully saturated rings. The maximum atomic E-state index is 11.2. The molecule has 1 rings (SSSR count). The summed E-state index contributed by atoms with van der Waals surface area (Å²) in [6.07, 6.45) is 0. The number of aromatic amines is 1. The summed E-state index contributed by atoms with van der Waals surface area (Å²) < 4.78 is 0. The van der Waals surface area contributed by atoms with Gasteiger partial charge in [-0.1, -0.05) is 6.07 Å². The Morgan fingerprint density at radius 2 is 2.20 bits per heavy atom. The van der Waals surface area contributed by atoms with Crippen molar-refractivity contribution in [3.05, 3.63) is 34.2 Å². The van der Waals surface area contributed by atoms with Crippen molar-refractivity contribution >= 4 is 11.9 Å². The molecule has 7 heteroatoms. The fraction of sp³-hybridized carbons (Fsp3) is 0.125. The van der Waals surface area contributed by atoms with Crippen molar-refractivity contribution in [2.75, 3.05) is 6.61 Å². The summed E-state index contributed by atoms with van der Waals surface area (Å²) >= 11 is 0. The Morgan fingerprint density at radius 3 is 2.80 bits per heavy atom. The van der Waals surface area contributed by atoms with E-state index in [2.05, 4.69) is 9.82 Å². The number of pyridine rings is 1. The number of aromatic nitrogens is 1. The van der Waals surface area contributed by atoms with Gasteiger partial charge in [-0.15, -0.1) is 0 Å². The Morgan fingerprint density at radius 1 is 1.47 bits per heavy atom. The van der Waals surface area contributed by atoms with Crippen LogP contribution in [0.3, 0.4) is 0 Å². The number of hydrogen-bond acceptors (Lipinski definition) is 4. The molecule has 0 atom stereocenters. The van der Waals surface area contributed by atoms with E-state index in [1.54, 1.807) is 0 Å². The maximum absolute atomic E-state index is 11.2. The second-order valence-electron chi connectivity index (χ2n) is 2.54. The van der Waals surface area contributed by atoms with Crippen LogP contribution in [-0.2, 0) is 9.63 Å². The molecule has 0 aliphatic heterocycles. The lowest BCUT2D eigenvalue weighted by atomic mass is 10.3. The molecule has 1 aromatic rings. The molecule has 0 saturated heterocycles. The molecular weight excluding hydrogens is 204 g/mol. The van der Waals surface area contributed by atoms with Gasteiger partial charge < -0.3 is 10.1 Å². The highest BCUT2D eigenvalue weighted by Gasteiger charge is 2.06. The number of hydroxylamine groups is 1. The number of hydrogen-bond donors (Lipinski definition) is 3. The van der Waals surface area contributed by atoms with Crippen molar-refractivity contribution in [3.8, 4) is 0 Å². The van der Waals surface area contributed by atoms with Crippen LogP contribution >= 0.6 is 0 Å². The van der Waals surface area contributed by atoms with Gasteiger partial charge in [-0.2, -0.15) is 0 Å². The molecule has 15 heavy (non-hydrogen) atoms. The van der Waals surface area contributed by atoms with Crippen LogP contribution in [0.15, 0.2) is 23.0 Å². The Hall–Kier alpha value is -2.15. The van der Waals surface area contributed by atoms with Gasteiger partial charge in [-0.3, -0.25) is 14.4 Å². The highest BCUT2D eigenvalue weighted by Crippen LogP contribution is 1.89. The van der Waals surface area contributed by atoms with Gasteiger partial charge in [0, 0.05) is 6.07 Å². The summed E-state index contributed by atoms with van der Waals surface area (Å²) in [5.41, 5.74) is 1.43. The minimum atomic E-state index is -1.21. The quantitative estimate of drug-likeness (QED) is 0.561. The normalized spacial score (nSPS) is 9.60. The molecule has 0 radical (unpaired) electrons. The van der Waals surface area contributed by atoms with E-state index < -0.39 is 24.0 Å². The summed E-state index contributed by atoms with van der Waals surface area (Å²) in [5, 5.41) is 8.21. The van der Waals surface area contributed by atoms with Gasteiger partial charge in [0.05, 0.1) is 0 Å². The maximum Gasteiger partial charge on any atom is 0.332 e. The third-order valence-corrected chi connectivity index (χ3v) is 1.37. The van der Waals surface area contributed by atoms with Crippen LogP contribution in [0.4, 0.5) is 0 Å². The molecule has 1 heterocycles. The smallest absolute Gasteiger partial charge is 0.332 e. The average Bonchev–Trinajstić information content (AvgIpc) is 2.17. The molecule has 7 nitrogen and oxygen atoms in total. The highest BCUT2D eigenvalue weighted by molar-refractivity contribution is 5.91. The number of carboxylic acids is 1. The van der Waals surface area contributed by atoms with Crippen LogP contribution in [0.1, 0.15) is 10.5 Å². The van der Waals surface area contributed by atoms with Crippen LogP contribution in [0.25, 0.3) is 0 Å². The predicted molar refractivity (Wildman–Crippen MR) is 48.1 cm³/mol. The number of aliphatic carboxylic acids is 1. The number of nitrogens with one attached hydrogen (secondary N) is 2. The molecule has 0 unspecified atom stereocenters. The van der Waals surface area contributed by atoms with E-state index in [0.717, 1.165) is 0 Å². The first-order chi connectivity index (χ1) is 7.09. The second kappa shape index (κ2) is 4.91. The number of carbonyl (C=O) groups excluding carboxylic acids is 1. The Bertz CT molecular complexity index is 425. The van der Waals surface area contributed by atoms with Gasteiger partial charge in [-0.25, -0.2) is 10.3 Å². The molecular formula is C8H8N2O5. The first kappa shape index (κ1) is 10.9. The second-order valence-corrected chi connectivity index (χ2v) is 2.54. The monoisotopic (exact) mass is 212 g/mol. The van der Waals surface area contributed by atoms with Crippen molar-refractivity contribution in [1.29, 1.82) is 0 Å². The lowest BCUT2D eigenvalue weighted by Crippen LogP contribution is -2.28. The largest absolute Gasteiger partial charge is 0.479 e. The van der Waals surface area contributed by atoms with Gasteiger partial charge in [0.25, 0.3) is 5.91 Å². The zero-order valence-corrected chi connectivity index (χ0v) is 7.52. The van der Waals surface area contributed by atoms with Crippen molar-refractivity contribution in [1.82, 2.24) is 10.5 Å². The van der Waals surface area contributed by atoms with Gasteiger partial charge in [0.2, 0.25) is 5.56 Å². The van der Waals surface area contributed by atoms with E-state index in [0.29, 0.717) is 0 Å². The molecule has 80 valence electrons. The lowest BCUT2D eigenvalue weighted by molar-refractivity contribution is -0.144. The van der Waals surface area contributed by atoms with E-state index in [1.807, 2.05) is 5.48 Å². The van der Waals surface area contributed by atoms with Crippen molar-refractivity contribution in [2.24, 2.45) is 0 Å². The lowest BCUT2D eigenvalue weighted by Gasteiger charge is -2.02. The highest BCUT2D eigenvalue weighted by atomic mass is 16.7. The molecule has 3 N–H and O–H groups in total. The fourth-order valence-corrected chi connectivity index (χ4v) is 0.799. The number of amides is 1. The minimum absolute atomic E-state index is 0.00658. The molecule has 0 aliphatic carbocycles. The fourth-order valence-electron chi connectivity index (χ4n) is 0.799. The standard InChI is InChI=1S/C8H8N2O5/c11-6-3-1-2-5(9-6)8(14)10-15-4-7(12)13/h1-3H,4H2,(H,9,11)(H,10,14)(H,12,13). The molecule has 0 saturated carbocycles. The zero-order chi connectivity index (χ0) is 11.3. The third-order valence-electron chi connectivity index (χ3n) is 1.37. The van der Waals surface area contributed by atoms with Gasteiger partial charge >= 0.3 is 5.97 Å². The summed E-state index contributed by atoms with van der Waals surface area (Å²) in [4.78, 5) is 38.6. The average molecular weight is 212 g/mol. The molecule has 0 spiro atoms. The van der Waals surface area contributed by atoms with Crippen LogP contribution in [0, 0.1) is 0 Å². The Balaban J connectivity index is 2.54.